The first-order chi connectivity index (χ1) is 11.2. The maximum Gasteiger partial charge on any atom is 0.160 e. The van der Waals surface area contributed by atoms with Crippen LogP contribution in [-0.4, -0.2) is 27.9 Å². The fourth-order valence-corrected chi connectivity index (χ4v) is 3.33. The van der Waals surface area contributed by atoms with E-state index in [1.807, 2.05) is 30.3 Å². The molecule has 0 atom stereocenters. The molecule has 2 aromatic heterocycles. The van der Waals surface area contributed by atoms with Gasteiger partial charge in [0, 0.05) is 22.5 Å². The largest absolute Gasteiger partial charge is 0.398 e. The van der Waals surface area contributed by atoms with Crippen LogP contribution in [0.4, 0.5) is 5.69 Å². The van der Waals surface area contributed by atoms with Crippen molar-refractivity contribution in [2.45, 2.75) is 18.9 Å². The Morgan fingerprint density at radius 1 is 1.13 bits per heavy atom. The number of rotatable bonds is 2. The Balaban J connectivity index is 1.91. The predicted octanol–water partition coefficient (Wildman–Crippen LogP) is 3.26. The van der Waals surface area contributed by atoms with Crippen LogP contribution in [-0.2, 0) is 0 Å². The maximum atomic E-state index is 6.24. The van der Waals surface area contributed by atoms with Crippen molar-refractivity contribution in [2.24, 2.45) is 0 Å². The molecule has 0 amide bonds. The van der Waals surface area contributed by atoms with Gasteiger partial charge in [0.2, 0.25) is 0 Å². The zero-order valence-corrected chi connectivity index (χ0v) is 13.4. The van der Waals surface area contributed by atoms with Gasteiger partial charge in [0.15, 0.2) is 5.65 Å². The highest BCUT2D eigenvalue weighted by atomic mass is 35.5. The molecular weight excluding hydrogens is 310 g/mol. The van der Waals surface area contributed by atoms with Crippen LogP contribution in [0.3, 0.4) is 0 Å². The molecule has 3 N–H and O–H groups in total. The SMILES string of the molecule is Nc1ccnc2c1c(-c1ccc(Cl)cc1)nn2C1CCNCC1. The van der Waals surface area contributed by atoms with E-state index < -0.39 is 0 Å². The van der Waals surface area contributed by atoms with Gasteiger partial charge in [-0.2, -0.15) is 5.10 Å². The molecule has 0 spiro atoms. The summed E-state index contributed by atoms with van der Waals surface area (Å²) in [6.07, 6.45) is 3.85. The molecule has 1 aliphatic heterocycles. The summed E-state index contributed by atoms with van der Waals surface area (Å²) in [5.41, 5.74) is 9.69. The van der Waals surface area contributed by atoms with E-state index in [0.717, 1.165) is 48.2 Å². The topological polar surface area (TPSA) is 68.8 Å². The zero-order valence-electron chi connectivity index (χ0n) is 12.7. The van der Waals surface area contributed by atoms with Crippen LogP contribution in [0.25, 0.3) is 22.3 Å². The minimum Gasteiger partial charge on any atom is -0.398 e. The van der Waals surface area contributed by atoms with Crippen LogP contribution in [0.5, 0.6) is 0 Å². The summed E-state index contributed by atoms with van der Waals surface area (Å²) in [5, 5.41) is 9.90. The highest BCUT2D eigenvalue weighted by Crippen LogP contribution is 2.34. The van der Waals surface area contributed by atoms with Gasteiger partial charge < -0.3 is 11.1 Å². The van der Waals surface area contributed by atoms with Gasteiger partial charge in [-0.15, -0.1) is 0 Å². The molecule has 3 heterocycles. The number of nitrogen functional groups attached to an aromatic ring is 1. The normalized spacial score (nSPS) is 16.0. The van der Waals surface area contributed by atoms with E-state index in [0.29, 0.717) is 16.8 Å². The van der Waals surface area contributed by atoms with E-state index >= 15 is 0 Å². The Morgan fingerprint density at radius 3 is 2.61 bits per heavy atom. The number of anilines is 1. The molecule has 0 saturated carbocycles. The van der Waals surface area contributed by atoms with Crippen molar-refractivity contribution >= 4 is 28.3 Å². The van der Waals surface area contributed by atoms with Gasteiger partial charge in [-0.1, -0.05) is 23.7 Å². The zero-order chi connectivity index (χ0) is 15.8. The quantitative estimate of drug-likeness (QED) is 0.758. The van der Waals surface area contributed by atoms with Crippen LogP contribution in [0.2, 0.25) is 5.02 Å². The second-order valence-corrected chi connectivity index (χ2v) is 6.32. The number of nitrogens with two attached hydrogens (primary N) is 1. The molecule has 0 radical (unpaired) electrons. The summed E-state index contributed by atoms with van der Waals surface area (Å²) in [5.74, 6) is 0. The standard InChI is InChI=1S/C17H18ClN5/c18-12-3-1-11(2-4-12)16-15-14(19)7-10-21-17(15)23(22-16)13-5-8-20-9-6-13/h1-4,7,10,13,20H,5-6,8-9H2,(H2,19,21). The first-order valence-electron chi connectivity index (χ1n) is 7.83. The first kappa shape index (κ1) is 14.5. The van der Waals surface area contributed by atoms with E-state index in [2.05, 4.69) is 15.0 Å². The number of pyridine rings is 1. The number of halogens is 1. The highest BCUT2D eigenvalue weighted by Gasteiger charge is 2.22. The Kier molecular flexibility index (Phi) is 3.67. The molecule has 0 aliphatic carbocycles. The second-order valence-electron chi connectivity index (χ2n) is 5.88. The fourth-order valence-electron chi connectivity index (χ4n) is 3.20. The lowest BCUT2D eigenvalue weighted by Crippen LogP contribution is -2.30. The van der Waals surface area contributed by atoms with Crippen LogP contribution in [0, 0.1) is 0 Å². The number of nitrogens with zero attached hydrogens (tertiary/aromatic N) is 3. The molecule has 3 aromatic rings. The van der Waals surface area contributed by atoms with Crippen molar-refractivity contribution in [1.82, 2.24) is 20.1 Å². The third-order valence-corrected chi connectivity index (χ3v) is 4.65. The smallest absolute Gasteiger partial charge is 0.160 e. The summed E-state index contributed by atoms with van der Waals surface area (Å²) < 4.78 is 2.05. The number of aromatic nitrogens is 3. The van der Waals surface area contributed by atoms with Crippen molar-refractivity contribution in [3.8, 4) is 11.3 Å². The van der Waals surface area contributed by atoms with Crippen molar-refractivity contribution in [1.29, 1.82) is 0 Å². The summed E-state index contributed by atoms with van der Waals surface area (Å²) in [6, 6.07) is 9.88. The number of nitrogens with one attached hydrogen (secondary N) is 1. The third-order valence-electron chi connectivity index (χ3n) is 4.40. The van der Waals surface area contributed by atoms with Crippen LogP contribution in [0.1, 0.15) is 18.9 Å². The van der Waals surface area contributed by atoms with Crippen molar-refractivity contribution in [3.63, 3.8) is 0 Å². The Labute approximate surface area is 139 Å². The summed E-state index contributed by atoms with van der Waals surface area (Å²) >= 11 is 6.01. The van der Waals surface area contributed by atoms with E-state index in [-0.39, 0.29) is 0 Å². The average molecular weight is 328 g/mol. The Morgan fingerprint density at radius 2 is 1.87 bits per heavy atom. The van der Waals surface area contributed by atoms with E-state index in [1.165, 1.54) is 0 Å². The van der Waals surface area contributed by atoms with Crippen molar-refractivity contribution < 1.29 is 0 Å². The van der Waals surface area contributed by atoms with Gasteiger partial charge in [-0.25, -0.2) is 9.67 Å². The average Bonchev–Trinajstić information content (AvgIpc) is 2.97. The first-order valence-corrected chi connectivity index (χ1v) is 8.21. The van der Waals surface area contributed by atoms with Gasteiger partial charge in [-0.05, 0) is 44.1 Å². The minimum atomic E-state index is 0.356. The second kappa shape index (κ2) is 5.83. The number of hydrogen-bond donors (Lipinski definition) is 2. The molecule has 23 heavy (non-hydrogen) atoms. The Bertz CT molecular complexity index is 834. The van der Waals surface area contributed by atoms with Crippen LogP contribution >= 0.6 is 11.6 Å². The third kappa shape index (κ3) is 2.56. The summed E-state index contributed by atoms with van der Waals surface area (Å²) in [6.45, 7) is 2.01. The monoisotopic (exact) mass is 327 g/mol. The summed E-state index contributed by atoms with van der Waals surface area (Å²) in [7, 11) is 0. The van der Waals surface area contributed by atoms with Gasteiger partial charge in [0.1, 0.15) is 5.69 Å². The molecule has 1 fully saturated rings. The van der Waals surface area contributed by atoms with Crippen LogP contribution < -0.4 is 11.1 Å². The molecule has 1 aromatic carbocycles. The molecular formula is C17H18ClN5. The molecule has 1 aliphatic rings. The van der Waals surface area contributed by atoms with Gasteiger partial charge >= 0.3 is 0 Å². The van der Waals surface area contributed by atoms with Crippen molar-refractivity contribution in [3.05, 3.63) is 41.6 Å². The summed E-state index contributed by atoms with van der Waals surface area (Å²) in [4.78, 5) is 4.55. The number of piperidine rings is 1. The molecule has 4 rings (SSSR count). The lowest BCUT2D eigenvalue weighted by molar-refractivity contribution is 0.350. The molecule has 6 heteroatoms. The molecule has 0 bridgehead atoms. The van der Waals surface area contributed by atoms with E-state index in [1.54, 1.807) is 6.20 Å². The fraction of sp³-hybridized carbons (Fsp3) is 0.294. The number of benzene rings is 1. The van der Waals surface area contributed by atoms with E-state index in [4.69, 9.17) is 22.4 Å². The number of fused-ring (bicyclic) bond motifs is 1. The molecule has 0 unspecified atom stereocenters. The minimum absolute atomic E-state index is 0.356. The van der Waals surface area contributed by atoms with Gasteiger partial charge in [0.05, 0.1) is 11.4 Å². The highest BCUT2D eigenvalue weighted by molar-refractivity contribution is 6.30. The predicted molar refractivity (Wildman–Crippen MR) is 93.5 cm³/mol. The molecule has 1 saturated heterocycles. The lowest BCUT2D eigenvalue weighted by Gasteiger charge is -2.23. The van der Waals surface area contributed by atoms with E-state index in [9.17, 15) is 0 Å². The molecule has 5 nitrogen and oxygen atoms in total. The number of hydrogen-bond acceptors (Lipinski definition) is 4. The maximum absolute atomic E-state index is 6.24. The van der Waals surface area contributed by atoms with Gasteiger partial charge in [0.25, 0.3) is 0 Å². The Hall–Kier alpha value is -2.11. The molecule has 118 valence electrons. The lowest BCUT2D eigenvalue weighted by atomic mass is 10.1. The van der Waals surface area contributed by atoms with Gasteiger partial charge in [-0.3, -0.25) is 0 Å². The van der Waals surface area contributed by atoms with Crippen LogP contribution in [0.15, 0.2) is 36.5 Å². The van der Waals surface area contributed by atoms with Crippen molar-refractivity contribution in [2.75, 3.05) is 18.8 Å².